The summed E-state index contributed by atoms with van der Waals surface area (Å²) >= 11 is 0. The second-order valence-electron chi connectivity index (χ2n) is 4.69. The second-order valence-corrected chi connectivity index (χ2v) is 4.69. The fraction of sp³-hybridized carbons (Fsp3) is 1.00. The maximum Gasteiger partial charge on any atom is 0.0613 e. The third kappa shape index (κ3) is 4.49. The molecule has 1 rings (SSSR count). The topological polar surface area (TPSA) is 33.3 Å². The first-order chi connectivity index (χ1) is 7.27. The van der Waals surface area contributed by atoms with Crippen LogP contribution in [0.15, 0.2) is 0 Å². The molecule has 1 aliphatic rings. The Morgan fingerprint density at radius 2 is 2.20 bits per heavy atom. The van der Waals surface area contributed by atoms with Crippen LogP contribution in [0.1, 0.15) is 26.7 Å². The van der Waals surface area contributed by atoms with Gasteiger partial charge in [-0.15, -0.1) is 0 Å². The van der Waals surface area contributed by atoms with Gasteiger partial charge in [-0.05, 0) is 44.8 Å². The highest BCUT2D eigenvalue weighted by atomic mass is 16.5. The van der Waals surface area contributed by atoms with Gasteiger partial charge in [0.25, 0.3) is 0 Å². The van der Waals surface area contributed by atoms with Crippen LogP contribution in [0.4, 0.5) is 0 Å². The van der Waals surface area contributed by atoms with Gasteiger partial charge >= 0.3 is 0 Å². The minimum Gasteiger partial charge on any atom is -0.378 e. The van der Waals surface area contributed by atoms with Crippen molar-refractivity contribution in [3.8, 4) is 0 Å². The first-order valence-corrected chi connectivity index (χ1v) is 6.24. The van der Waals surface area contributed by atoms with Crippen molar-refractivity contribution in [3.63, 3.8) is 0 Å². The summed E-state index contributed by atoms with van der Waals surface area (Å²) in [6.45, 7) is 8.75. The molecule has 90 valence electrons. The predicted octanol–water partition coefficient (Wildman–Crippen LogP) is 1.25. The zero-order valence-corrected chi connectivity index (χ0v) is 10.4. The largest absolute Gasteiger partial charge is 0.378 e. The van der Waals surface area contributed by atoms with Crippen molar-refractivity contribution in [2.24, 2.45) is 11.8 Å². The molecule has 1 heterocycles. The summed E-state index contributed by atoms with van der Waals surface area (Å²) in [6.07, 6.45) is 2.88. The van der Waals surface area contributed by atoms with E-state index in [2.05, 4.69) is 24.5 Å². The summed E-state index contributed by atoms with van der Waals surface area (Å²) in [5.74, 6) is 1.44. The number of hydrogen-bond acceptors (Lipinski definition) is 3. The van der Waals surface area contributed by atoms with Gasteiger partial charge in [-0.2, -0.15) is 0 Å². The van der Waals surface area contributed by atoms with Crippen molar-refractivity contribution >= 4 is 0 Å². The summed E-state index contributed by atoms with van der Waals surface area (Å²) in [7, 11) is 2.01. The normalized spacial score (nSPS) is 28.2. The van der Waals surface area contributed by atoms with Crippen molar-refractivity contribution in [2.75, 3.05) is 33.3 Å². The van der Waals surface area contributed by atoms with E-state index in [1.54, 1.807) is 0 Å². The molecule has 3 nitrogen and oxygen atoms in total. The average molecular weight is 214 g/mol. The first kappa shape index (κ1) is 12.9. The summed E-state index contributed by atoms with van der Waals surface area (Å²) in [5, 5.41) is 6.76. The summed E-state index contributed by atoms with van der Waals surface area (Å²) in [5.41, 5.74) is 0. The zero-order valence-electron chi connectivity index (χ0n) is 10.4. The van der Waals surface area contributed by atoms with E-state index in [0.717, 1.165) is 38.6 Å². The van der Waals surface area contributed by atoms with Crippen LogP contribution in [0, 0.1) is 11.8 Å². The fourth-order valence-corrected chi connectivity index (χ4v) is 2.31. The highest BCUT2D eigenvalue weighted by molar-refractivity contribution is 4.77. The molecular weight excluding hydrogens is 188 g/mol. The van der Waals surface area contributed by atoms with Gasteiger partial charge in [0.1, 0.15) is 0 Å². The summed E-state index contributed by atoms with van der Waals surface area (Å²) in [6, 6.07) is 0. The molecule has 3 unspecified atom stereocenters. The number of rotatable bonds is 7. The smallest absolute Gasteiger partial charge is 0.0613 e. The lowest BCUT2D eigenvalue weighted by Gasteiger charge is -2.19. The van der Waals surface area contributed by atoms with Gasteiger partial charge in [-0.1, -0.05) is 13.8 Å². The number of nitrogens with one attached hydrogen (secondary N) is 2. The molecule has 0 aromatic carbocycles. The highest BCUT2D eigenvalue weighted by Gasteiger charge is 2.25. The molecule has 0 radical (unpaired) electrons. The van der Waals surface area contributed by atoms with Gasteiger partial charge < -0.3 is 15.4 Å². The SMILES string of the molecule is CCC1OCCC1CNCC(C)CNC. The minimum absolute atomic E-state index is 0.497. The van der Waals surface area contributed by atoms with E-state index in [1.165, 1.54) is 6.42 Å². The lowest BCUT2D eigenvalue weighted by molar-refractivity contribution is 0.0871. The summed E-state index contributed by atoms with van der Waals surface area (Å²) < 4.78 is 5.67. The maximum atomic E-state index is 5.67. The third-order valence-corrected chi connectivity index (χ3v) is 3.20. The number of hydrogen-bond donors (Lipinski definition) is 2. The molecule has 15 heavy (non-hydrogen) atoms. The Morgan fingerprint density at radius 3 is 2.87 bits per heavy atom. The van der Waals surface area contributed by atoms with Crippen molar-refractivity contribution in [1.82, 2.24) is 10.6 Å². The Morgan fingerprint density at radius 1 is 1.40 bits per heavy atom. The van der Waals surface area contributed by atoms with Crippen LogP contribution in [0.25, 0.3) is 0 Å². The summed E-state index contributed by atoms with van der Waals surface area (Å²) in [4.78, 5) is 0. The molecule has 1 saturated heterocycles. The van der Waals surface area contributed by atoms with E-state index in [9.17, 15) is 0 Å². The molecule has 1 aliphatic heterocycles. The lowest BCUT2D eigenvalue weighted by Crippen LogP contribution is -2.33. The standard InChI is InChI=1S/C12H26N2O/c1-4-12-11(5-6-15-12)9-14-8-10(2)7-13-3/h10-14H,4-9H2,1-3H3. The van der Waals surface area contributed by atoms with Crippen LogP contribution in [0.5, 0.6) is 0 Å². The van der Waals surface area contributed by atoms with Crippen LogP contribution < -0.4 is 10.6 Å². The molecule has 0 bridgehead atoms. The van der Waals surface area contributed by atoms with E-state index < -0.39 is 0 Å². The van der Waals surface area contributed by atoms with E-state index in [0.29, 0.717) is 12.0 Å². The van der Waals surface area contributed by atoms with Gasteiger partial charge in [0.2, 0.25) is 0 Å². The third-order valence-electron chi connectivity index (χ3n) is 3.20. The van der Waals surface area contributed by atoms with Gasteiger partial charge in [-0.25, -0.2) is 0 Å². The monoisotopic (exact) mass is 214 g/mol. The quantitative estimate of drug-likeness (QED) is 0.669. The molecule has 3 atom stereocenters. The van der Waals surface area contributed by atoms with Crippen LogP contribution >= 0.6 is 0 Å². The van der Waals surface area contributed by atoms with Crippen LogP contribution in [-0.4, -0.2) is 39.4 Å². The van der Waals surface area contributed by atoms with Crippen LogP contribution in [0.2, 0.25) is 0 Å². The lowest BCUT2D eigenvalue weighted by atomic mass is 9.99. The molecule has 0 amide bonds. The Labute approximate surface area is 94.0 Å². The van der Waals surface area contributed by atoms with Crippen molar-refractivity contribution in [1.29, 1.82) is 0 Å². The molecule has 3 heteroatoms. The number of ether oxygens (including phenoxy) is 1. The Kier molecular flexibility index (Phi) is 6.22. The van der Waals surface area contributed by atoms with Gasteiger partial charge in [0, 0.05) is 13.2 Å². The van der Waals surface area contributed by atoms with Crippen molar-refractivity contribution in [2.45, 2.75) is 32.8 Å². The Hall–Kier alpha value is -0.120. The zero-order chi connectivity index (χ0) is 11.1. The second kappa shape index (κ2) is 7.20. The van der Waals surface area contributed by atoms with Gasteiger partial charge in [0.05, 0.1) is 6.10 Å². The van der Waals surface area contributed by atoms with E-state index in [1.807, 2.05) is 7.05 Å². The molecule has 0 aromatic rings. The molecule has 0 spiro atoms. The van der Waals surface area contributed by atoms with Crippen LogP contribution in [0.3, 0.4) is 0 Å². The highest BCUT2D eigenvalue weighted by Crippen LogP contribution is 2.22. The minimum atomic E-state index is 0.497. The van der Waals surface area contributed by atoms with Crippen molar-refractivity contribution < 1.29 is 4.74 Å². The first-order valence-electron chi connectivity index (χ1n) is 6.24. The fourth-order valence-electron chi connectivity index (χ4n) is 2.31. The predicted molar refractivity (Wildman–Crippen MR) is 64.1 cm³/mol. The molecule has 0 aromatic heterocycles. The Bertz CT molecular complexity index is 164. The van der Waals surface area contributed by atoms with Gasteiger partial charge in [-0.3, -0.25) is 0 Å². The molecule has 0 aliphatic carbocycles. The average Bonchev–Trinajstić information content (AvgIpc) is 2.66. The maximum absolute atomic E-state index is 5.67. The molecule has 0 saturated carbocycles. The molecule has 1 fully saturated rings. The molecular formula is C12H26N2O. The van der Waals surface area contributed by atoms with E-state index in [-0.39, 0.29) is 0 Å². The Balaban J connectivity index is 2.08. The van der Waals surface area contributed by atoms with Gasteiger partial charge in [0.15, 0.2) is 0 Å². The van der Waals surface area contributed by atoms with E-state index in [4.69, 9.17) is 4.74 Å². The van der Waals surface area contributed by atoms with Crippen molar-refractivity contribution in [3.05, 3.63) is 0 Å². The van der Waals surface area contributed by atoms with E-state index >= 15 is 0 Å². The van der Waals surface area contributed by atoms with Crippen LogP contribution in [-0.2, 0) is 4.74 Å². The molecule has 2 N–H and O–H groups in total.